The summed E-state index contributed by atoms with van der Waals surface area (Å²) in [7, 11) is 1.61. The van der Waals surface area contributed by atoms with Gasteiger partial charge in [-0.25, -0.2) is 4.98 Å². The molecule has 1 N–H and O–H groups in total. The van der Waals surface area contributed by atoms with Gasteiger partial charge in [0.25, 0.3) is 5.91 Å². The SMILES string of the molecule is CC.Cn1cnnc1-c1cnc(C(F)(F)F)cc1-c1cc(NC2(CC#N)CC2)nc(N2Cc3c(cc(CN4CCCCC4)cc3C(F)(F)F)C2=O)c1. The zero-order valence-electron chi connectivity index (χ0n) is 28.9. The van der Waals surface area contributed by atoms with E-state index in [-0.39, 0.29) is 58.2 Å². The molecule has 16 heteroatoms. The summed E-state index contributed by atoms with van der Waals surface area (Å²) in [5.41, 5.74) is -2.26. The molecule has 1 aliphatic carbocycles. The van der Waals surface area contributed by atoms with Crippen LogP contribution in [0.1, 0.15) is 85.1 Å². The third kappa shape index (κ3) is 7.45. The summed E-state index contributed by atoms with van der Waals surface area (Å²) < 4.78 is 87.0. The highest BCUT2D eigenvalue weighted by Crippen LogP contribution is 2.45. The Kier molecular flexibility index (Phi) is 10.0. The Balaban J connectivity index is 0.00000228. The first-order valence-corrected chi connectivity index (χ1v) is 17.1. The van der Waals surface area contributed by atoms with Gasteiger partial charge in [-0.2, -0.15) is 31.6 Å². The van der Waals surface area contributed by atoms with Crippen LogP contribution in [0.2, 0.25) is 0 Å². The molecule has 3 aliphatic rings. The van der Waals surface area contributed by atoms with Crippen LogP contribution in [-0.4, -0.2) is 54.2 Å². The van der Waals surface area contributed by atoms with Crippen molar-refractivity contribution in [3.05, 3.63) is 70.8 Å². The fourth-order valence-corrected chi connectivity index (χ4v) is 6.72. The number of halogens is 6. The van der Waals surface area contributed by atoms with Gasteiger partial charge in [0.1, 0.15) is 23.7 Å². The Morgan fingerprint density at radius 3 is 2.29 bits per heavy atom. The van der Waals surface area contributed by atoms with Crippen LogP contribution in [-0.2, 0) is 32.5 Å². The second kappa shape index (κ2) is 14.2. The van der Waals surface area contributed by atoms with Crippen LogP contribution in [0, 0.1) is 11.3 Å². The summed E-state index contributed by atoms with van der Waals surface area (Å²) in [6.45, 7) is 5.31. The number of carbonyl (C=O) groups is 1. The number of amides is 1. The molecular formula is C36H37F6N9O. The topological polar surface area (TPSA) is 116 Å². The second-order valence-corrected chi connectivity index (χ2v) is 13.1. The number of hydrogen-bond donors (Lipinski definition) is 1. The van der Waals surface area contributed by atoms with Crippen LogP contribution in [0.5, 0.6) is 0 Å². The minimum atomic E-state index is -4.80. The maximum Gasteiger partial charge on any atom is 0.433 e. The minimum Gasteiger partial charge on any atom is -0.364 e. The molecule has 274 valence electrons. The van der Waals surface area contributed by atoms with E-state index < -0.39 is 41.6 Å². The predicted molar refractivity (Wildman–Crippen MR) is 181 cm³/mol. The molecule has 7 rings (SSSR count). The number of carbonyl (C=O) groups excluding carboxylic acids is 1. The molecule has 3 aromatic heterocycles. The molecule has 0 atom stereocenters. The maximum absolute atomic E-state index is 14.5. The Morgan fingerprint density at radius 1 is 0.942 bits per heavy atom. The average molecular weight is 726 g/mol. The smallest absolute Gasteiger partial charge is 0.364 e. The van der Waals surface area contributed by atoms with E-state index in [1.54, 1.807) is 7.05 Å². The van der Waals surface area contributed by atoms with E-state index in [2.05, 4.69) is 36.5 Å². The number of fused-ring (bicyclic) bond motifs is 1. The lowest BCUT2D eigenvalue weighted by atomic mass is 9.98. The quantitative estimate of drug-likeness (QED) is 0.182. The number of aryl methyl sites for hydroxylation is 1. The van der Waals surface area contributed by atoms with Crippen LogP contribution in [0.25, 0.3) is 22.5 Å². The van der Waals surface area contributed by atoms with Crippen molar-refractivity contribution in [2.24, 2.45) is 7.05 Å². The van der Waals surface area contributed by atoms with Crippen LogP contribution < -0.4 is 10.2 Å². The first kappa shape index (κ1) is 36.7. The van der Waals surface area contributed by atoms with Crippen LogP contribution in [0.3, 0.4) is 0 Å². The van der Waals surface area contributed by atoms with Crippen molar-refractivity contribution in [1.82, 2.24) is 29.6 Å². The van der Waals surface area contributed by atoms with Gasteiger partial charge in [-0.15, -0.1) is 10.2 Å². The zero-order valence-corrected chi connectivity index (χ0v) is 28.9. The molecule has 1 saturated heterocycles. The molecule has 5 heterocycles. The van der Waals surface area contributed by atoms with E-state index in [0.717, 1.165) is 55.6 Å². The second-order valence-electron chi connectivity index (χ2n) is 13.1. The number of nitriles is 1. The highest BCUT2D eigenvalue weighted by atomic mass is 19.4. The van der Waals surface area contributed by atoms with Gasteiger partial charge in [-0.3, -0.25) is 19.6 Å². The summed E-state index contributed by atoms with van der Waals surface area (Å²) in [5, 5.41) is 20.5. The number of rotatable bonds is 8. The molecule has 52 heavy (non-hydrogen) atoms. The molecular weight excluding hydrogens is 688 g/mol. The lowest BCUT2D eigenvalue weighted by Gasteiger charge is -2.27. The highest BCUT2D eigenvalue weighted by molar-refractivity contribution is 6.10. The Morgan fingerprint density at radius 2 is 1.67 bits per heavy atom. The molecule has 2 fully saturated rings. The van der Waals surface area contributed by atoms with Gasteiger partial charge >= 0.3 is 12.4 Å². The van der Waals surface area contributed by atoms with E-state index in [0.29, 0.717) is 18.4 Å². The molecule has 4 aromatic rings. The number of aromatic nitrogens is 5. The van der Waals surface area contributed by atoms with Crippen molar-refractivity contribution in [2.45, 2.75) is 83.4 Å². The fraction of sp³-hybridized carbons (Fsp3) is 0.444. The van der Waals surface area contributed by atoms with Crippen molar-refractivity contribution < 1.29 is 31.1 Å². The van der Waals surface area contributed by atoms with Crippen LogP contribution >= 0.6 is 0 Å². The van der Waals surface area contributed by atoms with Gasteiger partial charge in [0.15, 0.2) is 5.82 Å². The van der Waals surface area contributed by atoms with Gasteiger partial charge in [0.2, 0.25) is 0 Å². The van der Waals surface area contributed by atoms with Crippen molar-refractivity contribution >= 4 is 17.5 Å². The molecule has 0 spiro atoms. The van der Waals surface area contributed by atoms with E-state index in [1.165, 1.54) is 29.1 Å². The van der Waals surface area contributed by atoms with Gasteiger partial charge in [-0.05, 0) is 91.4 Å². The summed E-state index contributed by atoms with van der Waals surface area (Å²) in [4.78, 5) is 25.4. The summed E-state index contributed by atoms with van der Waals surface area (Å²) in [6.07, 6.45) is -2.83. The third-order valence-electron chi connectivity index (χ3n) is 9.47. The first-order chi connectivity index (χ1) is 24.7. The van der Waals surface area contributed by atoms with E-state index in [9.17, 15) is 36.4 Å². The molecule has 1 amide bonds. The zero-order chi connectivity index (χ0) is 37.4. The van der Waals surface area contributed by atoms with E-state index >= 15 is 0 Å². The van der Waals surface area contributed by atoms with Crippen molar-refractivity contribution in [1.29, 1.82) is 5.26 Å². The number of anilines is 2. The van der Waals surface area contributed by atoms with Crippen molar-refractivity contribution in [3.63, 3.8) is 0 Å². The molecule has 0 unspecified atom stereocenters. The first-order valence-electron chi connectivity index (χ1n) is 17.1. The average Bonchev–Trinajstić information content (AvgIpc) is 3.58. The molecule has 1 saturated carbocycles. The monoisotopic (exact) mass is 725 g/mol. The number of nitrogens with zero attached hydrogens (tertiary/aromatic N) is 8. The predicted octanol–water partition coefficient (Wildman–Crippen LogP) is 8.01. The summed E-state index contributed by atoms with van der Waals surface area (Å²) >= 11 is 0. The Labute approximate surface area is 296 Å². The van der Waals surface area contributed by atoms with Crippen molar-refractivity contribution in [3.8, 4) is 28.6 Å². The van der Waals surface area contributed by atoms with Gasteiger partial charge in [0.05, 0.1) is 30.1 Å². The third-order valence-corrected chi connectivity index (χ3v) is 9.47. The van der Waals surface area contributed by atoms with Crippen LogP contribution in [0.4, 0.5) is 38.0 Å². The summed E-state index contributed by atoms with van der Waals surface area (Å²) in [6, 6.07) is 8.43. The normalized spacial score (nSPS) is 16.9. The van der Waals surface area contributed by atoms with Gasteiger partial charge in [-0.1, -0.05) is 20.3 Å². The lowest BCUT2D eigenvalue weighted by molar-refractivity contribution is -0.141. The molecule has 1 aromatic carbocycles. The number of nitrogens with one attached hydrogen (secondary N) is 1. The number of hydrogen-bond acceptors (Lipinski definition) is 8. The Bertz CT molecular complexity index is 2010. The number of piperidine rings is 1. The van der Waals surface area contributed by atoms with Gasteiger partial charge < -0.3 is 9.88 Å². The van der Waals surface area contributed by atoms with Crippen molar-refractivity contribution in [2.75, 3.05) is 23.3 Å². The van der Waals surface area contributed by atoms with E-state index in [1.807, 2.05) is 13.8 Å². The molecule has 0 radical (unpaired) electrons. The Hall–Kier alpha value is -5.04. The van der Waals surface area contributed by atoms with Crippen LogP contribution in [0.15, 0.2) is 42.9 Å². The number of likely N-dealkylation sites (tertiary alicyclic amines) is 1. The number of benzene rings is 1. The fourth-order valence-electron chi connectivity index (χ4n) is 6.72. The molecule has 0 bridgehead atoms. The highest BCUT2D eigenvalue weighted by Gasteiger charge is 2.44. The molecule has 10 nitrogen and oxygen atoms in total. The maximum atomic E-state index is 14.5. The van der Waals surface area contributed by atoms with E-state index in [4.69, 9.17) is 0 Å². The lowest BCUT2D eigenvalue weighted by Crippen LogP contribution is -2.29. The number of alkyl halides is 6. The van der Waals surface area contributed by atoms with Gasteiger partial charge in [0, 0.05) is 30.9 Å². The minimum absolute atomic E-state index is 0.0317. The molecule has 2 aliphatic heterocycles. The number of pyridine rings is 2. The largest absolute Gasteiger partial charge is 0.433 e. The summed E-state index contributed by atoms with van der Waals surface area (Å²) in [5.74, 6) is -0.430. The standard InChI is InChI=1S/C34H31F6N9O.C2H6/c1-47-19-43-46-30(47)24-16-42-27(34(38,39)40)15-22(24)21-13-28(45-32(5-6-32)7-8-41)44-29(14-21)49-18-25-23(31(49)50)11-20(12-26(25)33(35,36)37)17-48-9-3-2-4-10-48;1-2/h11-16,19H,2-7,9-10,17-18H2,1H3,(H,44,45);1-2H3.